The van der Waals surface area contributed by atoms with Gasteiger partial charge in [-0.15, -0.1) is 0 Å². The van der Waals surface area contributed by atoms with Crippen molar-refractivity contribution < 1.29 is 13.2 Å². The molecule has 0 aliphatic carbocycles. The fourth-order valence-corrected chi connectivity index (χ4v) is 3.21. The zero-order valence-electron chi connectivity index (χ0n) is 8.49. The molecule has 1 rings (SSSR count). The molecule has 1 aliphatic rings. The van der Waals surface area contributed by atoms with Crippen molar-refractivity contribution in [2.24, 2.45) is 0 Å². The number of nitrogens with zero attached hydrogens (tertiary/aromatic N) is 1. The van der Waals surface area contributed by atoms with E-state index in [0.29, 0.717) is 19.5 Å². The van der Waals surface area contributed by atoms with Crippen LogP contribution in [0.15, 0.2) is 0 Å². The van der Waals surface area contributed by atoms with E-state index in [1.807, 2.05) is 6.92 Å². The highest BCUT2D eigenvalue weighted by atomic mass is 32.2. The van der Waals surface area contributed by atoms with Crippen molar-refractivity contribution in [3.05, 3.63) is 0 Å². The van der Waals surface area contributed by atoms with Crippen molar-refractivity contribution in [2.75, 3.05) is 18.8 Å². The Balaban J connectivity index is 2.81. The van der Waals surface area contributed by atoms with Crippen LogP contribution in [0.2, 0.25) is 0 Å². The molecule has 0 saturated carbocycles. The molecule has 0 bridgehead atoms. The second-order valence-corrected chi connectivity index (χ2v) is 5.43. The fraction of sp³-hybridized carbons (Fsp3) is 0.875. The van der Waals surface area contributed by atoms with Crippen molar-refractivity contribution in [3.8, 4) is 0 Å². The first kappa shape index (κ1) is 11.5. The van der Waals surface area contributed by atoms with Gasteiger partial charge in [0.15, 0.2) is 0 Å². The van der Waals surface area contributed by atoms with E-state index in [1.165, 1.54) is 4.31 Å². The summed E-state index contributed by atoms with van der Waals surface area (Å²) in [4.78, 5) is 11.2. The average Bonchev–Trinajstić information content (AvgIpc) is 2.09. The molecule has 14 heavy (non-hydrogen) atoms. The van der Waals surface area contributed by atoms with Gasteiger partial charge < -0.3 is 5.32 Å². The molecular formula is C8H16N2O3S. The van der Waals surface area contributed by atoms with Gasteiger partial charge in [0, 0.05) is 13.1 Å². The Morgan fingerprint density at radius 3 is 2.79 bits per heavy atom. The van der Waals surface area contributed by atoms with Crippen LogP contribution in [0, 0.1) is 0 Å². The highest BCUT2D eigenvalue weighted by Crippen LogP contribution is 2.11. The lowest BCUT2D eigenvalue weighted by Crippen LogP contribution is -2.56. The topological polar surface area (TPSA) is 66.5 Å². The van der Waals surface area contributed by atoms with E-state index < -0.39 is 16.1 Å². The molecule has 0 spiro atoms. The minimum Gasteiger partial charge on any atom is -0.353 e. The third-order valence-electron chi connectivity index (χ3n) is 2.26. The largest absolute Gasteiger partial charge is 0.353 e. The van der Waals surface area contributed by atoms with Crippen LogP contribution in [0.25, 0.3) is 0 Å². The molecule has 82 valence electrons. The molecule has 0 aromatic heterocycles. The molecule has 1 unspecified atom stereocenters. The Bertz CT molecular complexity index is 313. The first-order valence-corrected chi connectivity index (χ1v) is 6.37. The zero-order valence-corrected chi connectivity index (χ0v) is 9.30. The zero-order chi connectivity index (χ0) is 10.8. The number of sulfonamides is 1. The molecule has 1 aliphatic heterocycles. The van der Waals surface area contributed by atoms with Crippen molar-refractivity contribution in [2.45, 2.75) is 26.3 Å². The first-order chi connectivity index (χ1) is 6.49. The van der Waals surface area contributed by atoms with Crippen LogP contribution in [0.5, 0.6) is 0 Å². The summed E-state index contributed by atoms with van der Waals surface area (Å²) in [6.07, 6.45) is 0.577. The number of nitrogens with one attached hydrogen (secondary N) is 1. The molecule has 0 aromatic rings. The van der Waals surface area contributed by atoms with Gasteiger partial charge in [0.25, 0.3) is 0 Å². The summed E-state index contributed by atoms with van der Waals surface area (Å²) in [6.45, 7) is 4.22. The highest BCUT2D eigenvalue weighted by Gasteiger charge is 2.33. The maximum atomic E-state index is 11.7. The Morgan fingerprint density at radius 1 is 1.57 bits per heavy atom. The monoisotopic (exact) mass is 220 g/mol. The smallest absolute Gasteiger partial charge is 0.238 e. The Hall–Kier alpha value is -0.620. The summed E-state index contributed by atoms with van der Waals surface area (Å²) < 4.78 is 24.7. The van der Waals surface area contributed by atoms with Crippen LogP contribution < -0.4 is 5.32 Å². The van der Waals surface area contributed by atoms with Crippen LogP contribution in [0.4, 0.5) is 0 Å². The number of amides is 1. The third kappa shape index (κ3) is 2.24. The van der Waals surface area contributed by atoms with Gasteiger partial charge in [0.2, 0.25) is 15.9 Å². The van der Waals surface area contributed by atoms with E-state index in [1.54, 1.807) is 6.92 Å². The molecule has 1 amide bonds. The van der Waals surface area contributed by atoms with Crippen LogP contribution in [-0.4, -0.2) is 43.5 Å². The maximum absolute atomic E-state index is 11.7. The van der Waals surface area contributed by atoms with E-state index in [0.717, 1.165) is 0 Å². The summed E-state index contributed by atoms with van der Waals surface area (Å²) in [5.74, 6) is -0.0964. The number of rotatable bonds is 3. The lowest BCUT2D eigenvalue weighted by molar-refractivity contribution is -0.126. The van der Waals surface area contributed by atoms with E-state index >= 15 is 0 Å². The standard InChI is InChI=1S/C8H16N2O3S/c1-3-6-14(12,13)10-5-4-9-8(11)7(10)2/h7H,3-6H2,1-2H3,(H,9,11). The summed E-state index contributed by atoms with van der Waals surface area (Å²) in [7, 11) is -3.24. The molecule has 1 atom stereocenters. The molecule has 1 N–H and O–H groups in total. The number of hydrogen-bond acceptors (Lipinski definition) is 3. The minimum absolute atomic E-state index is 0.116. The molecule has 1 saturated heterocycles. The predicted octanol–water partition coefficient (Wildman–Crippen LogP) is -0.453. The second-order valence-electron chi connectivity index (χ2n) is 3.39. The minimum atomic E-state index is -3.24. The van der Waals surface area contributed by atoms with Crippen molar-refractivity contribution >= 4 is 15.9 Å². The maximum Gasteiger partial charge on any atom is 0.238 e. The summed E-state index contributed by atoms with van der Waals surface area (Å²) in [5, 5.41) is 2.63. The van der Waals surface area contributed by atoms with Crippen LogP contribution in [0.1, 0.15) is 20.3 Å². The molecular weight excluding hydrogens is 204 g/mol. The van der Waals surface area contributed by atoms with Gasteiger partial charge in [0.1, 0.15) is 6.04 Å². The second kappa shape index (κ2) is 4.27. The fourth-order valence-electron chi connectivity index (χ4n) is 1.52. The number of carbonyl (C=O) groups excluding carboxylic acids is 1. The third-order valence-corrected chi connectivity index (χ3v) is 4.40. The van der Waals surface area contributed by atoms with E-state index in [9.17, 15) is 13.2 Å². The van der Waals surface area contributed by atoms with Gasteiger partial charge >= 0.3 is 0 Å². The summed E-state index contributed by atoms with van der Waals surface area (Å²) >= 11 is 0. The molecule has 1 heterocycles. The van der Waals surface area contributed by atoms with E-state index in [-0.39, 0.29) is 11.7 Å². The number of hydrogen-bond donors (Lipinski definition) is 1. The van der Waals surface area contributed by atoms with Crippen molar-refractivity contribution in [3.63, 3.8) is 0 Å². The van der Waals surface area contributed by atoms with Gasteiger partial charge in [0.05, 0.1) is 5.75 Å². The number of piperazine rings is 1. The Labute approximate surface area is 84.5 Å². The van der Waals surface area contributed by atoms with Gasteiger partial charge in [-0.25, -0.2) is 8.42 Å². The lowest BCUT2D eigenvalue weighted by Gasteiger charge is -2.31. The van der Waals surface area contributed by atoms with Crippen molar-refractivity contribution in [1.82, 2.24) is 9.62 Å². The lowest BCUT2D eigenvalue weighted by atomic mass is 10.2. The van der Waals surface area contributed by atoms with Crippen molar-refractivity contribution in [1.29, 1.82) is 0 Å². The Kier molecular flexibility index (Phi) is 3.49. The number of carbonyl (C=O) groups is 1. The van der Waals surface area contributed by atoms with Gasteiger partial charge in [-0.05, 0) is 13.3 Å². The predicted molar refractivity (Wildman–Crippen MR) is 53.3 cm³/mol. The van der Waals surface area contributed by atoms with Crippen LogP contribution in [-0.2, 0) is 14.8 Å². The highest BCUT2D eigenvalue weighted by molar-refractivity contribution is 7.89. The van der Waals surface area contributed by atoms with Gasteiger partial charge in [-0.1, -0.05) is 6.92 Å². The normalized spacial score (nSPS) is 24.7. The SMILES string of the molecule is CCCS(=O)(=O)N1CCNC(=O)C1C. The molecule has 5 nitrogen and oxygen atoms in total. The first-order valence-electron chi connectivity index (χ1n) is 4.76. The summed E-state index contributed by atoms with van der Waals surface area (Å²) in [5.41, 5.74) is 0. The van der Waals surface area contributed by atoms with E-state index in [2.05, 4.69) is 5.32 Å². The van der Waals surface area contributed by atoms with Gasteiger partial charge in [-0.3, -0.25) is 4.79 Å². The quantitative estimate of drug-likeness (QED) is 0.700. The van der Waals surface area contributed by atoms with Crippen LogP contribution >= 0.6 is 0 Å². The summed E-state index contributed by atoms with van der Waals surface area (Å²) in [6, 6.07) is -0.569. The molecule has 1 fully saturated rings. The molecule has 0 aromatic carbocycles. The van der Waals surface area contributed by atoms with Crippen LogP contribution in [0.3, 0.4) is 0 Å². The Morgan fingerprint density at radius 2 is 2.21 bits per heavy atom. The van der Waals surface area contributed by atoms with E-state index in [4.69, 9.17) is 0 Å². The molecule has 6 heteroatoms. The van der Waals surface area contributed by atoms with Gasteiger partial charge in [-0.2, -0.15) is 4.31 Å². The average molecular weight is 220 g/mol. The molecule has 0 radical (unpaired) electrons.